The van der Waals surface area contributed by atoms with Gasteiger partial charge in [0.05, 0.1) is 21.6 Å². The molecule has 4 aromatic carbocycles. The van der Waals surface area contributed by atoms with Crippen LogP contribution in [0, 0.1) is 13.8 Å². The van der Waals surface area contributed by atoms with Gasteiger partial charge in [-0.05, 0) is 74.0 Å². The number of rotatable bonds is 6. The number of fused-ring (bicyclic) bond motifs is 1. The van der Waals surface area contributed by atoms with E-state index in [0.717, 1.165) is 44.3 Å². The van der Waals surface area contributed by atoms with Crippen LogP contribution in [0.5, 0.6) is 0 Å². The molecular formula is C33H26N4OS. The average molecular weight is 527 g/mol. The van der Waals surface area contributed by atoms with Crippen molar-refractivity contribution in [1.29, 1.82) is 0 Å². The van der Waals surface area contributed by atoms with E-state index in [1.165, 1.54) is 15.8 Å². The van der Waals surface area contributed by atoms with E-state index in [4.69, 9.17) is 10.1 Å². The number of thiazole rings is 1. The van der Waals surface area contributed by atoms with Gasteiger partial charge in [0.1, 0.15) is 5.01 Å². The maximum atomic E-state index is 12.8. The zero-order valence-electron chi connectivity index (χ0n) is 21.6. The molecule has 0 saturated carbocycles. The summed E-state index contributed by atoms with van der Waals surface area (Å²) in [4.78, 5) is 17.6. The zero-order valence-corrected chi connectivity index (χ0v) is 22.4. The second-order valence-corrected chi connectivity index (χ2v) is 10.5. The summed E-state index contributed by atoms with van der Waals surface area (Å²) in [6, 6.07) is 32.3. The third-order valence-electron chi connectivity index (χ3n) is 6.45. The van der Waals surface area contributed by atoms with Crippen LogP contribution in [0.15, 0.2) is 109 Å². The number of anilines is 1. The molecule has 6 rings (SSSR count). The molecule has 0 aliphatic heterocycles. The Morgan fingerprint density at radius 1 is 0.846 bits per heavy atom. The van der Waals surface area contributed by atoms with Gasteiger partial charge in [-0.2, -0.15) is 5.10 Å². The van der Waals surface area contributed by atoms with Gasteiger partial charge in [-0.25, -0.2) is 9.67 Å². The molecule has 190 valence electrons. The zero-order chi connectivity index (χ0) is 26.8. The quantitative estimate of drug-likeness (QED) is 0.223. The lowest BCUT2D eigenvalue weighted by molar-refractivity contribution is -0.111. The molecule has 6 aromatic rings. The van der Waals surface area contributed by atoms with Crippen molar-refractivity contribution in [3.8, 4) is 27.5 Å². The Hall–Kier alpha value is -4.81. The first-order chi connectivity index (χ1) is 19.0. The normalized spacial score (nSPS) is 11.3. The lowest BCUT2D eigenvalue weighted by Crippen LogP contribution is -2.07. The Morgan fingerprint density at radius 2 is 1.56 bits per heavy atom. The number of carbonyl (C=O) groups is 1. The average Bonchev–Trinajstić information content (AvgIpc) is 3.58. The van der Waals surface area contributed by atoms with E-state index in [1.807, 2.05) is 71.6 Å². The third kappa shape index (κ3) is 5.42. The van der Waals surface area contributed by atoms with Gasteiger partial charge < -0.3 is 5.32 Å². The van der Waals surface area contributed by atoms with Crippen LogP contribution in [-0.4, -0.2) is 20.7 Å². The molecule has 0 radical (unpaired) electrons. The highest BCUT2D eigenvalue weighted by Gasteiger charge is 2.12. The van der Waals surface area contributed by atoms with E-state index in [2.05, 4.69) is 61.6 Å². The van der Waals surface area contributed by atoms with Crippen molar-refractivity contribution >= 4 is 39.2 Å². The topological polar surface area (TPSA) is 59.8 Å². The summed E-state index contributed by atoms with van der Waals surface area (Å²) >= 11 is 1.67. The van der Waals surface area contributed by atoms with Gasteiger partial charge >= 0.3 is 0 Å². The molecule has 6 heteroatoms. The molecular weight excluding hydrogens is 500 g/mol. The smallest absolute Gasteiger partial charge is 0.248 e. The molecule has 0 saturated heterocycles. The van der Waals surface area contributed by atoms with Gasteiger partial charge in [0.2, 0.25) is 5.91 Å². The van der Waals surface area contributed by atoms with Crippen LogP contribution >= 0.6 is 11.3 Å². The number of hydrogen-bond acceptors (Lipinski definition) is 4. The summed E-state index contributed by atoms with van der Waals surface area (Å²) in [6.07, 6.45) is 5.31. The summed E-state index contributed by atoms with van der Waals surface area (Å²) < 4.78 is 3.02. The minimum absolute atomic E-state index is 0.208. The number of nitrogens with zero attached hydrogens (tertiary/aromatic N) is 3. The summed E-state index contributed by atoms with van der Waals surface area (Å²) in [7, 11) is 0. The molecule has 0 aliphatic rings. The molecule has 0 aliphatic carbocycles. The molecule has 0 unspecified atom stereocenters. The molecule has 39 heavy (non-hydrogen) atoms. The van der Waals surface area contributed by atoms with Gasteiger partial charge in [0.15, 0.2) is 0 Å². The molecule has 1 amide bonds. The first-order valence-electron chi connectivity index (χ1n) is 12.7. The molecule has 0 atom stereocenters. The monoisotopic (exact) mass is 526 g/mol. The second kappa shape index (κ2) is 10.5. The van der Waals surface area contributed by atoms with Gasteiger partial charge in [0.25, 0.3) is 0 Å². The van der Waals surface area contributed by atoms with Crippen molar-refractivity contribution in [2.45, 2.75) is 13.8 Å². The van der Waals surface area contributed by atoms with Crippen LogP contribution in [0.3, 0.4) is 0 Å². The van der Waals surface area contributed by atoms with Crippen LogP contribution in [0.2, 0.25) is 0 Å². The van der Waals surface area contributed by atoms with E-state index >= 15 is 0 Å². The van der Waals surface area contributed by atoms with E-state index in [0.29, 0.717) is 0 Å². The lowest BCUT2D eigenvalue weighted by Gasteiger charge is -2.03. The number of aryl methyl sites for hydroxylation is 2. The van der Waals surface area contributed by atoms with Crippen LogP contribution in [0.4, 0.5) is 5.69 Å². The fraction of sp³-hybridized carbons (Fsp3) is 0.0606. The highest BCUT2D eigenvalue weighted by molar-refractivity contribution is 7.21. The van der Waals surface area contributed by atoms with Crippen molar-refractivity contribution < 1.29 is 4.79 Å². The third-order valence-corrected chi connectivity index (χ3v) is 7.51. The Labute approximate surface area is 231 Å². The lowest BCUT2D eigenvalue weighted by atomic mass is 10.1. The van der Waals surface area contributed by atoms with E-state index in [9.17, 15) is 4.79 Å². The number of nitrogens with one attached hydrogen (secondary N) is 1. The first-order valence-corrected chi connectivity index (χ1v) is 13.5. The fourth-order valence-electron chi connectivity index (χ4n) is 4.36. The Kier molecular flexibility index (Phi) is 6.61. The van der Waals surface area contributed by atoms with Crippen molar-refractivity contribution in [2.75, 3.05) is 5.32 Å². The van der Waals surface area contributed by atoms with E-state index in [1.54, 1.807) is 17.4 Å². The van der Waals surface area contributed by atoms with Gasteiger partial charge in [-0.1, -0.05) is 54.1 Å². The number of amides is 1. The van der Waals surface area contributed by atoms with Crippen molar-refractivity contribution in [1.82, 2.24) is 14.8 Å². The largest absolute Gasteiger partial charge is 0.323 e. The molecule has 5 nitrogen and oxygen atoms in total. The molecule has 0 fully saturated rings. The predicted molar refractivity (Wildman–Crippen MR) is 161 cm³/mol. The van der Waals surface area contributed by atoms with Gasteiger partial charge in [-0.3, -0.25) is 4.79 Å². The number of aromatic nitrogens is 3. The Morgan fingerprint density at radius 3 is 2.33 bits per heavy atom. The molecule has 0 bridgehead atoms. The summed E-state index contributed by atoms with van der Waals surface area (Å²) in [6.45, 7) is 4.15. The van der Waals surface area contributed by atoms with Crippen molar-refractivity contribution in [3.05, 3.63) is 126 Å². The number of para-hydroxylation sites is 1. The SMILES string of the molecule is Cc1ccc(-c2nn(-c3ccccc3)cc2/C=C/C(=O)Nc2ccc(-c3nc4ccc(C)cc4s3)cc2)cc1. The Bertz CT molecular complexity index is 1800. The minimum atomic E-state index is -0.208. The van der Waals surface area contributed by atoms with Crippen LogP contribution in [-0.2, 0) is 4.79 Å². The molecule has 1 N–H and O–H groups in total. The second-order valence-electron chi connectivity index (χ2n) is 9.47. The van der Waals surface area contributed by atoms with E-state index < -0.39 is 0 Å². The summed E-state index contributed by atoms with van der Waals surface area (Å²) in [5.41, 5.74) is 8.79. The highest BCUT2D eigenvalue weighted by atomic mass is 32.1. The molecule has 0 spiro atoms. The van der Waals surface area contributed by atoms with Gasteiger partial charge in [0, 0.05) is 34.7 Å². The van der Waals surface area contributed by atoms with Crippen molar-refractivity contribution in [2.24, 2.45) is 0 Å². The number of carbonyl (C=O) groups excluding carboxylic acids is 1. The predicted octanol–water partition coefficient (Wildman–Crippen LogP) is 8.08. The highest BCUT2D eigenvalue weighted by Crippen LogP contribution is 2.31. The minimum Gasteiger partial charge on any atom is -0.323 e. The fourth-order valence-corrected chi connectivity index (χ4v) is 5.43. The van der Waals surface area contributed by atoms with Crippen LogP contribution in [0.25, 0.3) is 43.8 Å². The maximum Gasteiger partial charge on any atom is 0.248 e. The standard InChI is InChI=1S/C33H26N4OS/c1-22-8-11-24(12-9-22)32-26(21-37(36-32)28-6-4-3-5-7-28)15-19-31(38)34-27-16-13-25(14-17-27)33-35-29-18-10-23(2)20-30(29)39-33/h3-21H,1-2H3,(H,34,38)/b19-15+. The molecule has 2 aromatic heterocycles. The van der Waals surface area contributed by atoms with Crippen molar-refractivity contribution in [3.63, 3.8) is 0 Å². The number of benzene rings is 4. The van der Waals surface area contributed by atoms with Gasteiger partial charge in [-0.15, -0.1) is 11.3 Å². The maximum absolute atomic E-state index is 12.8. The first kappa shape index (κ1) is 24.5. The van der Waals surface area contributed by atoms with Crippen LogP contribution < -0.4 is 5.32 Å². The van der Waals surface area contributed by atoms with E-state index in [-0.39, 0.29) is 5.91 Å². The summed E-state index contributed by atoms with van der Waals surface area (Å²) in [5, 5.41) is 8.76. The number of hydrogen-bond donors (Lipinski definition) is 1. The molecule has 2 heterocycles. The Balaban J connectivity index is 1.21. The summed E-state index contributed by atoms with van der Waals surface area (Å²) in [5.74, 6) is -0.208. The van der Waals surface area contributed by atoms with Crippen LogP contribution in [0.1, 0.15) is 16.7 Å².